The van der Waals surface area contributed by atoms with E-state index in [9.17, 15) is 27.2 Å². The lowest BCUT2D eigenvalue weighted by Gasteiger charge is -2.18. The second-order valence-electron chi connectivity index (χ2n) is 5.60. The van der Waals surface area contributed by atoms with Crippen LogP contribution < -0.4 is 11.3 Å². The first kappa shape index (κ1) is 17.7. The Kier molecular flexibility index (Phi) is 4.50. The highest BCUT2D eigenvalue weighted by Crippen LogP contribution is 2.32. The van der Waals surface area contributed by atoms with Crippen molar-refractivity contribution in [1.82, 2.24) is 4.57 Å². The van der Waals surface area contributed by atoms with Crippen LogP contribution in [0.2, 0.25) is 0 Å². The summed E-state index contributed by atoms with van der Waals surface area (Å²) in [6.07, 6.45) is 1.09. The van der Waals surface area contributed by atoms with Crippen molar-refractivity contribution < 1.29 is 22.4 Å². The molecule has 0 atom stereocenters. The maximum atomic E-state index is 14.1. The molecule has 0 unspecified atom stereocenters. The number of carbonyl (C=O) groups is 1. The van der Waals surface area contributed by atoms with E-state index in [1.165, 1.54) is 0 Å². The highest BCUT2D eigenvalue weighted by Gasteiger charge is 2.25. The maximum absolute atomic E-state index is 14.1. The quantitative estimate of drug-likeness (QED) is 0.667. The number of nitrogens with zero attached hydrogens (tertiary/aromatic N) is 1. The number of anilines is 1. The summed E-state index contributed by atoms with van der Waals surface area (Å²) in [5.41, 5.74) is 3.46. The molecule has 134 valence electrons. The Bertz CT molecular complexity index is 1040. The van der Waals surface area contributed by atoms with Crippen molar-refractivity contribution in [3.63, 3.8) is 0 Å². The first-order valence-electron chi connectivity index (χ1n) is 7.57. The van der Waals surface area contributed by atoms with E-state index in [2.05, 4.69) is 0 Å². The third-order valence-corrected chi connectivity index (χ3v) is 3.94. The summed E-state index contributed by atoms with van der Waals surface area (Å²) in [5.74, 6) is -5.37. The number of nitrogens with two attached hydrogens (primary N) is 1. The predicted molar refractivity (Wildman–Crippen MR) is 87.7 cm³/mol. The Labute approximate surface area is 144 Å². The van der Waals surface area contributed by atoms with E-state index in [4.69, 9.17) is 5.73 Å². The van der Waals surface area contributed by atoms with E-state index in [1.54, 1.807) is 0 Å². The average Bonchev–Trinajstić information content (AvgIpc) is 2.57. The van der Waals surface area contributed by atoms with E-state index < -0.39 is 51.7 Å². The molecule has 1 aromatic carbocycles. The van der Waals surface area contributed by atoms with E-state index >= 15 is 0 Å². The van der Waals surface area contributed by atoms with Gasteiger partial charge in [0.25, 0.3) is 5.56 Å². The Hall–Kier alpha value is -3.16. The van der Waals surface area contributed by atoms with E-state index in [-0.39, 0.29) is 18.4 Å². The fraction of sp³-hybridized carbons (Fsp3) is 0.111. The minimum atomic E-state index is -1.12. The van der Waals surface area contributed by atoms with Crippen LogP contribution >= 0.6 is 0 Å². The Morgan fingerprint density at radius 2 is 1.73 bits per heavy atom. The molecule has 1 heterocycles. The molecule has 2 N–H and O–H groups in total. The average molecular weight is 364 g/mol. The molecule has 0 saturated heterocycles. The number of nitrogen functional groups attached to an aromatic ring is 1. The molecule has 0 amide bonds. The van der Waals surface area contributed by atoms with Crippen LogP contribution in [0.1, 0.15) is 28.8 Å². The van der Waals surface area contributed by atoms with Crippen LogP contribution in [-0.2, 0) is 0 Å². The number of halogens is 4. The van der Waals surface area contributed by atoms with Crippen LogP contribution in [0, 0.1) is 11.6 Å². The number of pyridine rings is 1. The van der Waals surface area contributed by atoms with E-state index in [0.29, 0.717) is 10.6 Å². The largest absolute Gasteiger partial charge is 0.384 e. The first-order chi connectivity index (χ1) is 12.3. The molecular formula is C18H12F4N2O2. The van der Waals surface area contributed by atoms with E-state index in [0.717, 1.165) is 30.3 Å². The van der Waals surface area contributed by atoms with E-state index in [1.807, 2.05) is 0 Å². The number of rotatable bonds is 3. The molecule has 0 saturated carbocycles. The smallest absolute Gasteiger partial charge is 0.256 e. The second kappa shape index (κ2) is 6.62. The summed E-state index contributed by atoms with van der Waals surface area (Å²) in [6.45, 7) is 0. The van der Waals surface area contributed by atoms with Crippen molar-refractivity contribution >= 4 is 17.3 Å². The van der Waals surface area contributed by atoms with Gasteiger partial charge >= 0.3 is 0 Å². The lowest BCUT2D eigenvalue weighted by molar-refractivity contribution is 0.103. The molecule has 26 heavy (non-hydrogen) atoms. The molecule has 3 rings (SSSR count). The molecule has 1 aliphatic rings. The van der Waals surface area contributed by atoms with Gasteiger partial charge in [0.05, 0.1) is 11.1 Å². The van der Waals surface area contributed by atoms with Crippen molar-refractivity contribution in [3.8, 4) is 0 Å². The highest BCUT2D eigenvalue weighted by molar-refractivity contribution is 6.12. The summed E-state index contributed by atoms with van der Waals surface area (Å²) in [7, 11) is 0. The van der Waals surface area contributed by atoms with Crippen molar-refractivity contribution in [2.24, 2.45) is 0 Å². The molecular weight excluding hydrogens is 352 g/mol. The Morgan fingerprint density at radius 3 is 2.38 bits per heavy atom. The topological polar surface area (TPSA) is 65.1 Å². The minimum Gasteiger partial charge on any atom is -0.384 e. The van der Waals surface area contributed by atoms with Crippen molar-refractivity contribution in [2.75, 3.05) is 5.73 Å². The monoisotopic (exact) mass is 364 g/mol. The van der Waals surface area contributed by atoms with Crippen LogP contribution in [0.4, 0.5) is 23.4 Å². The lowest BCUT2D eigenvalue weighted by atomic mass is 10.0. The van der Waals surface area contributed by atoms with Gasteiger partial charge in [-0.05, 0) is 30.7 Å². The number of benzene rings is 1. The van der Waals surface area contributed by atoms with Crippen molar-refractivity contribution in [1.29, 1.82) is 0 Å². The zero-order valence-corrected chi connectivity index (χ0v) is 13.2. The summed E-state index contributed by atoms with van der Waals surface area (Å²) in [5, 5.41) is 0. The molecule has 0 radical (unpaired) electrons. The second-order valence-corrected chi connectivity index (χ2v) is 5.60. The van der Waals surface area contributed by atoms with Crippen LogP contribution in [0.25, 0.3) is 5.70 Å². The van der Waals surface area contributed by atoms with Gasteiger partial charge in [0, 0.05) is 18.6 Å². The summed E-state index contributed by atoms with van der Waals surface area (Å²) >= 11 is 0. The van der Waals surface area contributed by atoms with Gasteiger partial charge in [-0.15, -0.1) is 0 Å². The van der Waals surface area contributed by atoms with Gasteiger partial charge in [-0.2, -0.15) is 0 Å². The number of ketones is 1. The van der Waals surface area contributed by atoms with Gasteiger partial charge in [0.15, 0.2) is 5.78 Å². The fourth-order valence-corrected chi connectivity index (χ4v) is 2.69. The van der Waals surface area contributed by atoms with Gasteiger partial charge < -0.3 is 5.73 Å². The van der Waals surface area contributed by atoms with Gasteiger partial charge in [0.2, 0.25) is 0 Å². The zero-order valence-electron chi connectivity index (χ0n) is 13.2. The molecule has 8 heteroatoms. The van der Waals surface area contributed by atoms with Gasteiger partial charge in [-0.25, -0.2) is 17.6 Å². The maximum Gasteiger partial charge on any atom is 0.256 e. The normalized spacial score (nSPS) is 14.4. The first-order valence-corrected chi connectivity index (χ1v) is 7.57. The van der Waals surface area contributed by atoms with Gasteiger partial charge in [0.1, 0.15) is 34.8 Å². The standard InChI is InChI=1S/C18H12F4N2O2/c19-9-4-5-10(14(22)8-9)17(26)11-6-7-15(25)24(18(11)23)16-12(20)2-1-3-13(16)21/h2,4-8H,1,3,23H2. The SMILES string of the molecule is Nc1c(C(=O)c2ccc(F)cc2F)ccc(=O)n1C1=C(F)CCC=C1F. The van der Waals surface area contributed by atoms with Crippen molar-refractivity contribution in [3.05, 3.63) is 81.2 Å². The predicted octanol–water partition coefficient (Wildman–Crippen LogP) is 3.73. The minimum absolute atomic E-state index is 0.120. The highest BCUT2D eigenvalue weighted by atomic mass is 19.1. The molecule has 1 aliphatic carbocycles. The summed E-state index contributed by atoms with van der Waals surface area (Å²) < 4.78 is 55.6. The molecule has 4 nitrogen and oxygen atoms in total. The molecule has 0 bridgehead atoms. The molecule has 0 aliphatic heterocycles. The van der Waals surface area contributed by atoms with Crippen LogP contribution in [0.3, 0.4) is 0 Å². The van der Waals surface area contributed by atoms with Crippen LogP contribution in [-0.4, -0.2) is 10.4 Å². The third kappa shape index (κ3) is 2.94. The summed E-state index contributed by atoms with van der Waals surface area (Å²) in [4.78, 5) is 24.6. The Morgan fingerprint density at radius 1 is 1.04 bits per heavy atom. The van der Waals surface area contributed by atoms with Gasteiger partial charge in [-0.3, -0.25) is 14.2 Å². The third-order valence-electron chi connectivity index (χ3n) is 3.94. The van der Waals surface area contributed by atoms with Crippen LogP contribution in [0.15, 0.2) is 52.9 Å². The fourth-order valence-electron chi connectivity index (χ4n) is 2.69. The number of aromatic nitrogens is 1. The summed E-state index contributed by atoms with van der Waals surface area (Å²) in [6, 6.07) is 4.25. The molecule has 0 spiro atoms. The number of carbonyl (C=O) groups excluding carboxylic acids is 1. The lowest BCUT2D eigenvalue weighted by Crippen LogP contribution is -2.26. The van der Waals surface area contributed by atoms with Gasteiger partial charge in [-0.1, -0.05) is 0 Å². The number of hydrogen-bond donors (Lipinski definition) is 1. The number of hydrogen-bond acceptors (Lipinski definition) is 3. The number of allylic oxidation sites excluding steroid dienone is 4. The van der Waals surface area contributed by atoms with Crippen molar-refractivity contribution in [2.45, 2.75) is 12.8 Å². The molecule has 2 aromatic rings. The zero-order chi connectivity index (χ0) is 19.0. The Balaban J connectivity index is 2.19. The molecule has 1 aromatic heterocycles. The van der Waals surface area contributed by atoms with Crippen LogP contribution in [0.5, 0.6) is 0 Å². The molecule has 0 fully saturated rings.